The Morgan fingerprint density at radius 2 is 2.02 bits per heavy atom. The second-order valence-electron chi connectivity index (χ2n) is 13.5. The van der Waals surface area contributed by atoms with E-state index in [1.54, 1.807) is 18.2 Å². The maximum atomic E-state index is 13.5. The third-order valence-corrected chi connectivity index (χ3v) is 12.8. The summed E-state index contributed by atoms with van der Waals surface area (Å²) in [6, 6.07) is 11.4. The molecule has 1 unspecified atom stereocenters. The van der Waals surface area contributed by atoms with Crippen molar-refractivity contribution >= 4 is 39.2 Å². The summed E-state index contributed by atoms with van der Waals surface area (Å²) in [4.78, 5) is 27.7. The van der Waals surface area contributed by atoms with E-state index in [9.17, 15) is 18.0 Å². The van der Waals surface area contributed by atoms with Crippen molar-refractivity contribution in [2.24, 2.45) is 11.8 Å². The van der Waals surface area contributed by atoms with Crippen LogP contribution in [-0.4, -0.2) is 65.1 Å². The zero-order valence-electron chi connectivity index (χ0n) is 27.2. The minimum atomic E-state index is -3.92. The number of halogens is 1. The van der Waals surface area contributed by atoms with Gasteiger partial charge in [-0.1, -0.05) is 36.7 Å². The van der Waals surface area contributed by atoms with Crippen molar-refractivity contribution in [2.45, 2.75) is 81.5 Å². The molecule has 1 fully saturated rings. The second-order valence-corrected chi connectivity index (χ2v) is 15.9. The lowest BCUT2D eigenvalue weighted by molar-refractivity contribution is -0.142. The number of fused-ring (bicyclic) bond motifs is 4. The van der Waals surface area contributed by atoms with Crippen molar-refractivity contribution in [1.82, 2.24) is 4.72 Å². The maximum Gasteiger partial charge on any atom is 0.307 e. The monoisotopic (exact) mass is 684 g/mol. The summed E-state index contributed by atoms with van der Waals surface area (Å²) in [5, 5.41) is 0.00251. The number of rotatable bonds is 5. The molecular formula is C36H45ClN2O7S. The minimum absolute atomic E-state index is 0.166. The molecule has 0 aromatic heterocycles. The summed E-state index contributed by atoms with van der Waals surface area (Å²) in [7, 11) is -2.55. The highest BCUT2D eigenvalue weighted by Gasteiger charge is 2.44. The third kappa shape index (κ3) is 7.20. The van der Waals surface area contributed by atoms with Crippen molar-refractivity contribution in [3.8, 4) is 5.75 Å². The predicted octanol–water partition coefficient (Wildman–Crippen LogP) is 5.98. The number of carbonyl (C=O) groups excluding carboxylic acids is 2. The Hall–Kier alpha value is -3.08. The Morgan fingerprint density at radius 1 is 1.17 bits per heavy atom. The van der Waals surface area contributed by atoms with Gasteiger partial charge in [0.05, 0.1) is 43.8 Å². The fourth-order valence-corrected chi connectivity index (χ4v) is 9.48. The van der Waals surface area contributed by atoms with E-state index in [1.807, 2.05) is 25.1 Å². The Balaban J connectivity index is 1.39. The summed E-state index contributed by atoms with van der Waals surface area (Å²) in [5.74, 6) is 0.243. The fourth-order valence-electron chi connectivity index (χ4n) is 7.86. The van der Waals surface area contributed by atoms with Crippen LogP contribution in [0.2, 0.25) is 5.02 Å². The van der Waals surface area contributed by atoms with Crippen LogP contribution in [-0.2, 0) is 36.1 Å². The van der Waals surface area contributed by atoms with Crippen molar-refractivity contribution in [3.05, 3.63) is 70.3 Å². The van der Waals surface area contributed by atoms with Gasteiger partial charge in [0.1, 0.15) is 5.75 Å². The first-order valence-electron chi connectivity index (χ1n) is 16.8. The highest BCUT2D eigenvalue weighted by molar-refractivity contribution is 7.90. The number of nitrogens with one attached hydrogen (secondary N) is 1. The van der Waals surface area contributed by atoms with Crippen molar-refractivity contribution in [2.75, 3.05) is 38.3 Å². The van der Waals surface area contributed by atoms with E-state index >= 15 is 0 Å². The molecule has 9 nitrogen and oxygen atoms in total. The standard InChI is InChI=1S/C36H45ClN2O7S/c1-3-28-8-4-5-9-32(45-18-16-34(40)44-2)29-13-10-26(29)21-39-22-36(17-6-7-24-19-27(37)12-14-30(24)36)23-46-33-15-11-25(20-31(33)39)35(41)38-47(28,42)43/h5,9,11-12,14-15,19-20,26,28-29,32H,3-4,6-8,10,13,16-18,21-23H2,1-2H3,(H,38,41)/b9-5+/t26?,28-,29-,32+,36+/m1/s1. The number of ether oxygens (including phenoxy) is 3. The van der Waals surface area contributed by atoms with E-state index in [2.05, 4.69) is 21.8 Å². The Kier molecular flexibility index (Phi) is 10.2. The Bertz CT molecular complexity index is 1630. The fraction of sp³-hybridized carbons (Fsp3) is 0.556. The molecule has 1 saturated carbocycles. The number of nitrogens with zero attached hydrogens (tertiary/aromatic N) is 1. The van der Waals surface area contributed by atoms with Crippen molar-refractivity contribution in [1.29, 1.82) is 0 Å². The number of anilines is 1. The molecule has 1 N–H and O–H groups in total. The molecular weight excluding hydrogens is 640 g/mol. The average Bonchev–Trinajstić information content (AvgIpc) is 3.18. The van der Waals surface area contributed by atoms with Gasteiger partial charge in [-0.15, -0.1) is 0 Å². The summed E-state index contributed by atoms with van der Waals surface area (Å²) in [5.41, 5.74) is 3.28. The molecule has 2 aromatic carbocycles. The summed E-state index contributed by atoms with van der Waals surface area (Å²) >= 11 is 6.43. The summed E-state index contributed by atoms with van der Waals surface area (Å²) < 4.78 is 46.8. The number of benzene rings is 2. The molecule has 0 radical (unpaired) electrons. The van der Waals surface area contributed by atoms with Crippen LogP contribution in [0.4, 0.5) is 5.69 Å². The summed E-state index contributed by atoms with van der Waals surface area (Å²) in [6.07, 6.45) is 10.2. The molecule has 5 atom stereocenters. The lowest BCUT2D eigenvalue weighted by atomic mass is 9.68. The minimum Gasteiger partial charge on any atom is -0.490 e. The van der Waals surface area contributed by atoms with E-state index < -0.39 is 21.2 Å². The summed E-state index contributed by atoms with van der Waals surface area (Å²) in [6.45, 7) is 3.95. The van der Waals surface area contributed by atoms with E-state index in [-0.39, 0.29) is 42.0 Å². The van der Waals surface area contributed by atoms with Crippen LogP contribution in [0.15, 0.2) is 48.6 Å². The number of carbonyl (C=O) groups is 2. The van der Waals surface area contributed by atoms with Crippen LogP contribution < -0.4 is 14.4 Å². The third-order valence-electron chi connectivity index (χ3n) is 10.6. The van der Waals surface area contributed by atoms with Gasteiger partial charge in [-0.3, -0.25) is 9.59 Å². The number of esters is 1. The molecule has 2 heterocycles. The number of hydrogen-bond donors (Lipinski definition) is 1. The van der Waals surface area contributed by atoms with Crippen molar-refractivity contribution in [3.63, 3.8) is 0 Å². The molecule has 254 valence electrons. The van der Waals surface area contributed by atoms with Crippen molar-refractivity contribution < 1.29 is 32.2 Å². The molecule has 1 spiro atoms. The number of amides is 1. The van der Waals surface area contributed by atoms with Crippen LogP contribution in [0, 0.1) is 11.8 Å². The van der Waals surface area contributed by atoms with Gasteiger partial charge in [-0.2, -0.15) is 0 Å². The van der Waals surface area contributed by atoms with Gasteiger partial charge in [0.25, 0.3) is 5.91 Å². The lowest BCUT2D eigenvalue weighted by Crippen LogP contribution is -2.49. The average molecular weight is 685 g/mol. The van der Waals surface area contributed by atoms with Gasteiger partial charge < -0.3 is 19.1 Å². The van der Waals surface area contributed by atoms with Gasteiger partial charge in [0.2, 0.25) is 10.0 Å². The van der Waals surface area contributed by atoms with Gasteiger partial charge in [-0.25, -0.2) is 13.1 Å². The molecule has 47 heavy (non-hydrogen) atoms. The molecule has 4 aliphatic rings. The van der Waals surface area contributed by atoms with E-state index in [0.717, 1.165) is 49.4 Å². The molecule has 1 amide bonds. The molecule has 0 saturated heterocycles. The van der Waals surface area contributed by atoms with Gasteiger partial charge in [-0.05, 0) is 105 Å². The molecule has 11 heteroatoms. The first-order valence-corrected chi connectivity index (χ1v) is 18.8. The number of allylic oxidation sites excluding steroid dienone is 1. The lowest BCUT2D eigenvalue weighted by Gasteiger charge is -2.46. The largest absolute Gasteiger partial charge is 0.490 e. The number of sulfonamides is 1. The molecule has 2 bridgehead atoms. The zero-order chi connectivity index (χ0) is 33.2. The van der Waals surface area contributed by atoms with Crippen LogP contribution in [0.25, 0.3) is 0 Å². The highest BCUT2D eigenvalue weighted by atomic mass is 35.5. The van der Waals surface area contributed by atoms with E-state index in [1.165, 1.54) is 18.2 Å². The SMILES string of the molecule is CC[C@@H]1CC/C=C/[C@H](OCCC(=O)OC)[C@@H]2CCC2CN2C[C@@]3(CCCc4cc(Cl)ccc43)COc3ccc(cc32)C(=O)NS1(=O)=O. The number of methoxy groups -OCH3 is 1. The normalized spacial score (nSPS) is 29.3. The van der Waals surface area contributed by atoms with E-state index in [4.69, 9.17) is 25.8 Å². The molecule has 6 rings (SSSR count). The molecule has 2 aromatic rings. The molecule has 2 aliphatic heterocycles. The predicted molar refractivity (Wildman–Crippen MR) is 182 cm³/mol. The van der Waals surface area contributed by atoms with Crippen LogP contribution in [0.1, 0.15) is 79.8 Å². The highest BCUT2D eigenvalue weighted by Crippen LogP contribution is 2.47. The number of aryl methyl sites for hydroxylation is 1. The topological polar surface area (TPSA) is 111 Å². The first-order chi connectivity index (χ1) is 22.6. The van der Waals surface area contributed by atoms with Crippen LogP contribution >= 0.6 is 11.6 Å². The molecule has 2 aliphatic carbocycles. The first kappa shape index (κ1) is 33.8. The Morgan fingerprint density at radius 3 is 2.79 bits per heavy atom. The van der Waals surface area contributed by atoms with E-state index in [0.29, 0.717) is 44.1 Å². The van der Waals surface area contributed by atoms with Crippen LogP contribution in [0.5, 0.6) is 5.75 Å². The van der Waals surface area contributed by atoms with Gasteiger partial charge in [0, 0.05) is 29.1 Å². The van der Waals surface area contributed by atoms with Crippen LogP contribution in [0.3, 0.4) is 0 Å². The van der Waals surface area contributed by atoms with Gasteiger partial charge in [0.15, 0.2) is 0 Å². The second kappa shape index (κ2) is 14.2. The quantitative estimate of drug-likeness (QED) is 0.303. The smallest absolute Gasteiger partial charge is 0.307 e. The maximum absolute atomic E-state index is 13.5. The Labute approximate surface area is 283 Å². The number of hydrogen-bond acceptors (Lipinski definition) is 8. The van der Waals surface area contributed by atoms with Gasteiger partial charge >= 0.3 is 5.97 Å². The zero-order valence-corrected chi connectivity index (χ0v) is 28.8.